The van der Waals surface area contributed by atoms with E-state index in [1.165, 1.54) is 6.92 Å². The van der Waals surface area contributed by atoms with Crippen molar-refractivity contribution in [3.05, 3.63) is 0 Å². The van der Waals surface area contributed by atoms with E-state index >= 15 is 0 Å². The summed E-state index contributed by atoms with van der Waals surface area (Å²) in [7, 11) is 0. The van der Waals surface area contributed by atoms with Gasteiger partial charge in [-0.25, -0.2) is 0 Å². The highest BCUT2D eigenvalue weighted by Gasteiger charge is 2.46. The number of rotatable bonds is 23. The van der Waals surface area contributed by atoms with Gasteiger partial charge in [-0.3, -0.25) is 38.4 Å². The van der Waals surface area contributed by atoms with Gasteiger partial charge in [-0.2, -0.15) is 11.8 Å². The SMILES string of the molecule is CCC(=O)N[C@@H](CSC[C@H](COC(=O)CC)OC(=O)CC)C(=O)NCC(=O)NCNC(=O)[C@@H](NC(C)=O)C(C)O[C@H]1OC(CO)[C@H](O)[C@H](O)C1NC(C)=O. The molecule has 0 radical (unpaired) electrons. The van der Waals surface area contributed by atoms with E-state index in [-0.39, 0.29) is 37.4 Å². The van der Waals surface area contributed by atoms with Crippen LogP contribution in [0.4, 0.5) is 0 Å². The number of hydrogen-bond acceptors (Lipinski definition) is 16. The topological polar surface area (TPSA) is 306 Å². The zero-order chi connectivity index (χ0) is 41.0. The lowest BCUT2D eigenvalue weighted by Gasteiger charge is -2.43. The Morgan fingerprint density at radius 1 is 0.796 bits per heavy atom. The Hall–Kier alpha value is -4.09. The zero-order valence-corrected chi connectivity index (χ0v) is 32.0. The van der Waals surface area contributed by atoms with E-state index in [2.05, 4.69) is 31.9 Å². The van der Waals surface area contributed by atoms with Gasteiger partial charge >= 0.3 is 11.9 Å². The van der Waals surface area contributed by atoms with Crippen LogP contribution < -0.4 is 31.9 Å². The number of hydrogen-bond donors (Lipinski definition) is 9. The van der Waals surface area contributed by atoms with Crippen LogP contribution >= 0.6 is 11.8 Å². The third kappa shape index (κ3) is 17.4. The van der Waals surface area contributed by atoms with E-state index < -0.39 is 122 Å². The fourth-order valence-corrected chi connectivity index (χ4v) is 5.69. The maximum Gasteiger partial charge on any atom is 0.305 e. The first-order valence-corrected chi connectivity index (χ1v) is 18.5. The molecule has 1 saturated heterocycles. The van der Waals surface area contributed by atoms with Crippen molar-refractivity contribution in [1.82, 2.24) is 31.9 Å². The number of carbonyl (C=O) groups is 8. The highest BCUT2D eigenvalue weighted by molar-refractivity contribution is 7.99. The van der Waals surface area contributed by atoms with Gasteiger partial charge in [0, 0.05) is 44.6 Å². The second kappa shape index (κ2) is 25.1. The number of nitrogens with one attached hydrogen (secondary N) is 6. The van der Waals surface area contributed by atoms with Gasteiger partial charge < -0.3 is 66.2 Å². The van der Waals surface area contributed by atoms with Crippen LogP contribution in [0.15, 0.2) is 0 Å². The number of ether oxygens (including phenoxy) is 4. The summed E-state index contributed by atoms with van der Waals surface area (Å²) in [6.45, 7) is 6.53. The molecule has 1 rings (SSSR count). The van der Waals surface area contributed by atoms with E-state index in [0.717, 1.165) is 25.6 Å². The minimum atomic E-state index is -1.62. The maximum atomic E-state index is 13.1. The molecular weight excluding hydrogens is 740 g/mol. The predicted molar refractivity (Wildman–Crippen MR) is 189 cm³/mol. The van der Waals surface area contributed by atoms with E-state index in [0.29, 0.717) is 0 Å². The molecule has 0 aromatic rings. The highest BCUT2D eigenvalue weighted by atomic mass is 32.2. The molecular formula is C32H54N6O15S. The van der Waals surface area contributed by atoms with Crippen LogP contribution in [-0.4, -0.2) is 156 Å². The molecule has 21 nitrogen and oxygen atoms in total. The van der Waals surface area contributed by atoms with E-state index in [1.54, 1.807) is 20.8 Å². The molecule has 22 heteroatoms. The van der Waals surface area contributed by atoms with E-state index in [4.69, 9.17) is 18.9 Å². The number of carbonyl (C=O) groups excluding carboxylic acids is 8. The first kappa shape index (κ1) is 47.9. The minimum Gasteiger partial charge on any atom is -0.462 e. The van der Waals surface area contributed by atoms with Crippen molar-refractivity contribution in [2.75, 3.05) is 37.9 Å². The van der Waals surface area contributed by atoms with Crippen LogP contribution in [-0.2, 0) is 57.3 Å². The molecule has 308 valence electrons. The van der Waals surface area contributed by atoms with Gasteiger partial charge in [0.2, 0.25) is 35.4 Å². The van der Waals surface area contributed by atoms with Crippen molar-refractivity contribution >= 4 is 59.1 Å². The third-order valence-electron chi connectivity index (χ3n) is 7.55. The summed E-state index contributed by atoms with van der Waals surface area (Å²) in [4.78, 5) is 97.8. The van der Waals surface area contributed by atoms with Crippen molar-refractivity contribution in [3.8, 4) is 0 Å². The van der Waals surface area contributed by atoms with Crippen LogP contribution in [0.2, 0.25) is 0 Å². The average molecular weight is 795 g/mol. The molecule has 0 aromatic heterocycles. The number of aliphatic hydroxyl groups excluding tert-OH is 3. The second-order valence-corrected chi connectivity index (χ2v) is 13.1. The van der Waals surface area contributed by atoms with Crippen molar-refractivity contribution in [1.29, 1.82) is 0 Å². The summed E-state index contributed by atoms with van der Waals surface area (Å²) >= 11 is 1.14. The van der Waals surface area contributed by atoms with Crippen LogP contribution in [0.1, 0.15) is 60.8 Å². The van der Waals surface area contributed by atoms with Crippen molar-refractivity contribution in [2.24, 2.45) is 0 Å². The zero-order valence-electron chi connectivity index (χ0n) is 31.2. The lowest BCUT2D eigenvalue weighted by Crippen LogP contribution is -2.66. The number of amides is 6. The van der Waals surface area contributed by atoms with Gasteiger partial charge in [0.1, 0.15) is 49.1 Å². The van der Waals surface area contributed by atoms with Gasteiger partial charge in [0.05, 0.1) is 25.9 Å². The first-order valence-electron chi connectivity index (χ1n) is 17.3. The Balaban J connectivity index is 2.80. The molecule has 0 spiro atoms. The van der Waals surface area contributed by atoms with Gasteiger partial charge in [-0.15, -0.1) is 0 Å². The van der Waals surface area contributed by atoms with Gasteiger partial charge in [-0.1, -0.05) is 20.8 Å². The Labute approximate surface area is 317 Å². The molecule has 9 atom stereocenters. The molecule has 1 heterocycles. The molecule has 3 unspecified atom stereocenters. The van der Waals surface area contributed by atoms with Crippen molar-refractivity contribution < 1.29 is 72.6 Å². The predicted octanol–water partition coefficient (Wildman–Crippen LogP) is -3.95. The summed E-state index contributed by atoms with van der Waals surface area (Å²) < 4.78 is 21.7. The number of thioether (sulfide) groups is 1. The normalized spacial score (nSPS) is 21.5. The standard InChI is InChI=1S/C32H54N6O15S/c1-7-22(42)38-20(14-54-13-19(52-25(45)9-3)12-50-24(44)8-2)30(48)33-10-23(43)34-15-35-31(49)26(36-17(5)40)16(4)51-32-27(37-18(6)41)29(47)28(46)21(11-39)53-32/h16,19-21,26-29,32,39,46-47H,7-15H2,1-6H3,(H,33,48)(H,34,43)(H,35,49)(H,36,40)(H,37,41)(H,38,42)/t16?,19-,20-,21?,26-,27?,28-,29+,32-/m0/s1. The molecule has 1 fully saturated rings. The Morgan fingerprint density at radius 2 is 1.46 bits per heavy atom. The molecule has 0 bridgehead atoms. The van der Waals surface area contributed by atoms with Crippen LogP contribution in [0.3, 0.4) is 0 Å². The van der Waals surface area contributed by atoms with Crippen molar-refractivity contribution in [2.45, 2.75) is 116 Å². The lowest BCUT2D eigenvalue weighted by molar-refractivity contribution is -0.281. The quantitative estimate of drug-likeness (QED) is 0.0352. The Morgan fingerprint density at radius 3 is 2.04 bits per heavy atom. The summed E-state index contributed by atoms with van der Waals surface area (Å²) in [6, 6.07) is -3.81. The molecule has 1 aliphatic heterocycles. The van der Waals surface area contributed by atoms with E-state index in [1.807, 2.05) is 0 Å². The molecule has 0 saturated carbocycles. The second-order valence-electron chi connectivity index (χ2n) is 12.0. The summed E-state index contributed by atoms with van der Waals surface area (Å²) in [5, 5.41) is 44.8. The molecule has 0 aliphatic carbocycles. The van der Waals surface area contributed by atoms with Crippen molar-refractivity contribution in [3.63, 3.8) is 0 Å². The van der Waals surface area contributed by atoms with E-state index in [9.17, 15) is 53.7 Å². The lowest BCUT2D eigenvalue weighted by atomic mass is 9.96. The monoisotopic (exact) mass is 794 g/mol. The third-order valence-corrected chi connectivity index (χ3v) is 8.72. The molecule has 0 aromatic carbocycles. The summed E-state index contributed by atoms with van der Waals surface area (Å²) in [6.07, 6.45) is -7.67. The average Bonchev–Trinajstić information content (AvgIpc) is 3.13. The summed E-state index contributed by atoms with van der Waals surface area (Å²) in [5.41, 5.74) is 0. The number of esters is 2. The molecule has 9 N–H and O–H groups in total. The van der Waals surface area contributed by atoms with Gasteiger partial charge in [0.25, 0.3) is 0 Å². The highest BCUT2D eigenvalue weighted by Crippen LogP contribution is 2.24. The van der Waals surface area contributed by atoms with Crippen LogP contribution in [0.5, 0.6) is 0 Å². The summed E-state index contributed by atoms with van der Waals surface area (Å²) in [5.74, 6) is -4.80. The number of aliphatic hydroxyl groups is 3. The Bertz CT molecular complexity index is 1290. The minimum absolute atomic E-state index is 0.0135. The molecule has 6 amide bonds. The smallest absolute Gasteiger partial charge is 0.305 e. The molecule has 1 aliphatic rings. The first-order chi connectivity index (χ1) is 25.5. The van der Waals surface area contributed by atoms with Crippen LogP contribution in [0.25, 0.3) is 0 Å². The van der Waals surface area contributed by atoms with Crippen LogP contribution in [0, 0.1) is 0 Å². The maximum absolute atomic E-state index is 13.1. The fraction of sp³-hybridized carbons (Fsp3) is 0.750. The molecule has 54 heavy (non-hydrogen) atoms. The Kier molecular flexibility index (Phi) is 22.3. The van der Waals surface area contributed by atoms with Gasteiger partial charge in [0.15, 0.2) is 6.29 Å². The largest absolute Gasteiger partial charge is 0.462 e. The fourth-order valence-electron chi connectivity index (χ4n) is 4.65. The van der Waals surface area contributed by atoms with Gasteiger partial charge in [-0.05, 0) is 6.92 Å².